The standard InChI is InChI=1S/C27H27N3O4/c1-3-4-13-34-27-23(30(31)32)14-18(15-24(27)33-2)26-21-16-28-12-11-20(21)25-19-8-6-5-7-17(19)9-10-22(25)29-26/h5-10,14-15,28H,3-4,11-13,16H2,1-2H3. The Kier molecular flexibility index (Phi) is 6.02. The van der Waals surface area contributed by atoms with Crippen molar-refractivity contribution >= 4 is 27.4 Å². The van der Waals surface area contributed by atoms with Crippen LogP contribution in [0.1, 0.15) is 30.9 Å². The van der Waals surface area contributed by atoms with Crippen LogP contribution in [-0.4, -0.2) is 30.2 Å². The average Bonchev–Trinajstić information content (AvgIpc) is 2.87. The van der Waals surface area contributed by atoms with Crippen LogP contribution in [0.25, 0.3) is 32.9 Å². The van der Waals surface area contributed by atoms with E-state index in [2.05, 4.69) is 29.6 Å². The molecule has 0 saturated heterocycles. The van der Waals surface area contributed by atoms with Gasteiger partial charge in [-0.05, 0) is 53.4 Å². The summed E-state index contributed by atoms with van der Waals surface area (Å²) in [7, 11) is 1.51. The van der Waals surface area contributed by atoms with E-state index in [1.807, 2.05) is 19.1 Å². The van der Waals surface area contributed by atoms with Crippen molar-refractivity contribution in [2.24, 2.45) is 0 Å². The lowest BCUT2D eigenvalue weighted by molar-refractivity contribution is -0.385. The molecular weight excluding hydrogens is 430 g/mol. The SMILES string of the molecule is CCCCOc1c(OC)cc(-c2nc3ccc4ccccc4c3c3c2CNCC3)cc1[N+](=O)[O-]. The van der Waals surface area contributed by atoms with Crippen molar-refractivity contribution in [3.05, 3.63) is 69.8 Å². The maximum atomic E-state index is 12.0. The number of aromatic nitrogens is 1. The van der Waals surface area contributed by atoms with Crippen LogP contribution >= 0.6 is 0 Å². The van der Waals surface area contributed by atoms with Crippen molar-refractivity contribution in [3.8, 4) is 22.8 Å². The molecule has 7 heteroatoms. The largest absolute Gasteiger partial charge is 0.493 e. The minimum Gasteiger partial charge on any atom is -0.493 e. The van der Waals surface area contributed by atoms with E-state index in [1.54, 1.807) is 12.1 Å². The lowest BCUT2D eigenvalue weighted by atomic mass is 9.90. The second-order valence-electron chi connectivity index (χ2n) is 8.51. The Morgan fingerprint density at radius 1 is 1.15 bits per heavy atom. The van der Waals surface area contributed by atoms with E-state index < -0.39 is 4.92 Å². The van der Waals surface area contributed by atoms with Crippen LogP contribution in [0.15, 0.2) is 48.5 Å². The van der Waals surface area contributed by atoms with Crippen molar-refractivity contribution in [2.45, 2.75) is 32.7 Å². The number of hydrogen-bond donors (Lipinski definition) is 1. The van der Waals surface area contributed by atoms with Crippen LogP contribution in [0.2, 0.25) is 0 Å². The molecule has 0 radical (unpaired) electrons. The average molecular weight is 458 g/mol. The fourth-order valence-corrected chi connectivity index (χ4v) is 4.76. The first-order valence-corrected chi connectivity index (χ1v) is 11.7. The number of pyridine rings is 1. The zero-order valence-electron chi connectivity index (χ0n) is 19.4. The van der Waals surface area contributed by atoms with E-state index in [0.29, 0.717) is 24.5 Å². The Morgan fingerprint density at radius 2 is 2.00 bits per heavy atom. The molecule has 0 spiro atoms. The molecule has 34 heavy (non-hydrogen) atoms. The van der Waals surface area contributed by atoms with Gasteiger partial charge in [0.25, 0.3) is 0 Å². The van der Waals surface area contributed by atoms with Crippen LogP contribution in [0.4, 0.5) is 5.69 Å². The van der Waals surface area contributed by atoms with Crippen molar-refractivity contribution in [1.82, 2.24) is 10.3 Å². The summed E-state index contributed by atoms with van der Waals surface area (Å²) in [5.74, 6) is 0.515. The summed E-state index contributed by atoms with van der Waals surface area (Å²) in [5.41, 5.74) is 4.50. The normalized spacial score (nSPS) is 13.1. The van der Waals surface area contributed by atoms with Crippen LogP contribution in [0.3, 0.4) is 0 Å². The van der Waals surface area contributed by atoms with Crippen molar-refractivity contribution in [3.63, 3.8) is 0 Å². The zero-order chi connectivity index (χ0) is 23.7. The van der Waals surface area contributed by atoms with E-state index in [-0.39, 0.29) is 11.4 Å². The highest BCUT2D eigenvalue weighted by molar-refractivity contribution is 6.09. The third kappa shape index (κ3) is 3.82. The monoisotopic (exact) mass is 457 g/mol. The molecule has 1 aromatic heterocycles. The molecule has 0 fully saturated rings. The Bertz CT molecular complexity index is 1400. The first-order chi connectivity index (χ1) is 16.6. The van der Waals surface area contributed by atoms with Gasteiger partial charge in [-0.1, -0.05) is 43.7 Å². The molecule has 0 atom stereocenters. The molecule has 0 aliphatic carbocycles. The number of ether oxygens (including phenoxy) is 2. The van der Waals surface area contributed by atoms with Gasteiger partial charge in [0, 0.05) is 23.6 Å². The number of nitrogens with one attached hydrogen (secondary N) is 1. The predicted molar refractivity (Wildman–Crippen MR) is 134 cm³/mol. The molecule has 0 unspecified atom stereocenters. The smallest absolute Gasteiger partial charge is 0.315 e. The molecule has 1 N–H and O–H groups in total. The minimum absolute atomic E-state index is 0.108. The van der Waals surface area contributed by atoms with Crippen LogP contribution in [0, 0.1) is 10.1 Å². The summed E-state index contributed by atoms with van der Waals surface area (Å²) < 4.78 is 11.3. The highest BCUT2D eigenvalue weighted by Crippen LogP contribution is 2.43. The fraction of sp³-hybridized carbons (Fsp3) is 0.296. The number of benzene rings is 3. The van der Waals surface area contributed by atoms with Gasteiger partial charge >= 0.3 is 5.69 Å². The van der Waals surface area contributed by atoms with Gasteiger partial charge in [-0.25, -0.2) is 4.98 Å². The minimum atomic E-state index is -0.410. The van der Waals surface area contributed by atoms with Crippen molar-refractivity contribution in [2.75, 3.05) is 20.3 Å². The van der Waals surface area contributed by atoms with Gasteiger partial charge in [0.15, 0.2) is 5.75 Å². The second-order valence-corrected chi connectivity index (χ2v) is 8.51. The molecule has 0 saturated carbocycles. The third-order valence-corrected chi connectivity index (χ3v) is 6.41. The molecule has 1 aliphatic heterocycles. The third-order valence-electron chi connectivity index (χ3n) is 6.41. The molecule has 7 nitrogen and oxygen atoms in total. The van der Waals surface area contributed by atoms with Crippen LogP contribution in [0.5, 0.6) is 11.5 Å². The fourth-order valence-electron chi connectivity index (χ4n) is 4.76. The van der Waals surface area contributed by atoms with Crippen molar-refractivity contribution < 1.29 is 14.4 Å². The van der Waals surface area contributed by atoms with Gasteiger partial charge in [0.2, 0.25) is 5.75 Å². The van der Waals surface area contributed by atoms with Gasteiger partial charge in [0.1, 0.15) is 0 Å². The Morgan fingerprint density at radius 3 is 2.79 bits per heavy atom. The summed E-state index contributed by atoms with van der Waals surface area (Å²) in [6.07, 6.45) is 2.61. The first-order valence-electron chi connectivity index (χ1n) is 11.7. The summed E-state index contributed by atoms with van der Waals surface area (Å²) in [6, 6.07) is 15.8. The number of hydrogen-bond acceptors (Lipinski definition) is 6. The Hall–Kier alpha value is -3.71. The number of nitrogens with zero attached hydrogens (tertiary/aromatic N) is 2. The molecule has 174 valence electrons. The molecule has 4 aromatic rings. The van der Waals surface area contributed by atoms with E-state index in [0.717, 1.165) is 42.6 Å². The summed E-state index contributed by atoms with van der Waals surface area (Å²) >= 11 is 0. The topological polar surface area (TPSA) is 86.5 Å². The maximum Gasteiger partial charge on any atom is 0.315 e. The van der Waals surface area contributed by atoms with Gasteiger partial charge < -0.3 is 14.8 Å². The second kappa shape index (κ2) is 9.27. The molecule has 0 bridgehead atoms. The van der Waals surface area contributed by atoms with Crippen LogP contribution in [-0.2, 0) is 13.0 Å². The van der Waals surface area contributed by atoms with Gasteiger partial charge in [0.05, 0.1) is 29.9 Å². The zero-order valence-corrected chi connectivity index (χ0v) is 19.4. The van der Waals surface area contributed by atoms with E-state index >= 15 is 0 Å². The lowest BCUT2D eigenvalue weighted by Crippen LogP contribution is -2.25. The first kappa shape index (κ1) is 22.1. The predicted octanol–water partition coefficient (Wildman–Crippen LogP) is 5.80. The molecule has 0 amide bonds. The van der Waals surface area contributed by atoms with Crippen molar-refractivity contribution in [1.29, 1.82) is 0 Å². The quantitative estimate of drug-likeness (QED) is 0.163. The van der Waals surface area contributed by atoms with Crippen LogP contribution < -0.4 is 14.8 Å². The van der Waals surface area contributed by atoms with E-state index in [9.17, 15) is 10.1 Å². The van der Waals surface area contributed by atoms with Gasteiger partial charge in [-0.2, -0.15) is 0 Å². The number of nitro benzene ring substituents is 1. The van der Waals surface area contributed by atoms with Gasteiger partial charge in [-0.15, -0.1) is 0 Å². The number of unbranched alkanes of at least 4 members (excludes halogenated alkanes) is 1. The highest BCUT2D eigenvalue weighted by atomic mass is 16.6. The molecule has 3 aromatic carbocycles. The van der Waals surface area contributed by atoms with E-state index in [4.69, 9.17) is 14.5 Å². The molecule has 2 heterocycles. The highest BCUT2D eigenvalue weighted by Gasteiger charge is 2.26. The summed E-state index contributed by atoms with van der Waals surface area (Å²) in [6.45, 7) is 3.97. The number of fused-ring (bicyclic) bond motifs is 5. The molecule has 1 aliphatic rings. The maximum absolute atomic E-state index is 12.0. The number of methoxy groups -OCH3 is 1. The lowest BCUT2D eigenvalue weighted by Gasteiger charge is -2.23. The molecule has 5 rings (SSSR count). The Balaban J connectivity index is 1.75. The number of rotatable bonds is 7. The summed E-state index contributed by atoms with van der Waals surface area (Å²) in [5, 5.41) is 19.0. The Labute approximate surface area is 197 Å². The number of nitro groups is 1. The summed E-state index contributed by atoms with van der Waals surface area (Å²) in [4.78, 5) is 16.6. The van der Waals surface area contributed by atoms with E-state index in [1.165, 1.54) is 28.8 Å². The molecular formula is C27H27N3O4. The van der Waals surface area contributed by atoms with Gasteiger partial charge in [-0.3, -0.25) is 10.1 Å².